The Kier molecular flexibility index (Phi) is 4.34. The average molecular weight is 328 g/mol. The summed E-state index contributed by atoms with van der Waals surface area (Å²) in [5.74, 6) is 4.83. The van der Waals surface area contributed by atoms with Crippen molar-refractivity contribution in [3.63, 3.8) is 0 Å². The topological polar surface area (TPSA) is 48.3 Å². The zero-order valence-corrected chi connectivity index (χ0v) is 14.5. The SMILES string of the molecule is C#CCCC1(CCC(=O)N2CCN([C@@H]3C[C@@H]4CC[C@H]3C4)CC2)N=N1. The van der Waals surface area contributed by atoms with Crippen LogP contribution in [0.2, 0.25) is 0 Å². The molecular formula is C19H28N4O. The van der Waals surface area contributed by atoms with Crippen LogP contribution in [0.1, 0.15) is 51.4 Å². The maximum Gasteiger partial charge on any atom is 0.222 e. The summed E-state index contributed by atoms with van der Waals surface area (Å²) in [6.07, 6.45) is 13.8. The van der Waals surface area contributed by atoms with Gasteiger partial charge < -0.3 is 4.90 Å². The lowest BCUT2D eigenvalue weighted by Gasteiger charge is -2.41. The Balaban J connectivity index is 1.20. The van der Waals surface area contributed by atoms with E-state index in [-0.39, 0.29) is 11.6 Å². The maximum atomic E-state index is 12.5. The lowest BCUT2D eigenvalue weighted by Crippen LogP contribution is -2.53. The van der Waals surface area contributed by atoms with Crippen molar-refractivity contribution in [3.05, 3.63) is 0 Å². The van der Waals surface area contributed by atoms with E-state index in [9.17, 15) is 4.79 Å². The van der Waals surface area contributed by atoms with E-state index in [1.54, 1.807) is 0 Å². The molecule has 0 spiro atoms. The van der Waals surface area contributed by atoms with Crippen molar-refractivity contribution in [2.75, 3.05) is 26.2 Å². The normalized spacial score (nSPS) is 33.6. The van der Waals surface area contributed by atoms with E-state index in [1.165, 1.54) is 25.7 Å². The van der Waals surface area contributed by atoms with Crippen LogP contribution >= 0.6 is 0 Å². The summed E-state index contributed by atoms with van der Waals surface area (Å²) in [7, 11) is 0. The number of carbonyl (C=O) groups excluding carboxylic acids is 1. The molecule has 2 saturated carbocycles. The number of carbonyl (C=O) groups is 1. The fourth-order valence-electron chi connectivity index (χ4n) is 5.09. The number of hydrogen-bond acceptors (Lipinski definition) is 4. The number of hydrogen-bond donors (Lipinski definition) is 0. The molecule has 0 aromatic heterocycles. The molecule has 130 valence electrons. The summed E-state index contributed by atoms with van der Waals surface area (Å²) in [6, 6.07) is 0.803. The number of terminal acetylenes is 1. The average Bonchev–Trinajstić information content (AvgIpc) is 3.06. The Labute approximate surface area is 144 Å². The third kappa shape index (κ3) is 3.21. The Morgan fingerprint density at radius 1 is 1.12 bits per heavy atom. The monoisotopic (exact) mass is 328 g/mol. The molecule has 3 fully saturated rings. The summed E-state index contributed by atoms with van der Waals surface area (Å²) >= 11 is 0. The Morgan fingerprint density at radius 2 is 1.92 bits per heavy atom. The third-order valence-electron chi connectivity index (χ3n) is 6.63. The van der Waals surface area contributed by atoms with E-state index < -0.39 is 0 Å². The van der Waals surface area contributed by atoms with Gasteiger partial charge in [0, 0.05) is 57.9 Å². The van der Waals surface area contributed by atoms with Crippen LogP contribution in [0.5, 0.6) is 0 Å². The van der Waals surface area contributed by atoms with Gasteiger partial charge >= 0.3 is 0 Å². The summed E-state index contributed by atoms with van der Waals surface area (Å²) in [4.78, 5) is 17.2. The molecule has 1 amide bonds. The van der Waals surface area contributed by atoms with E-state index >= 15 is 0 Å². The molecule has 0 aromatic carbocycles. The van der Waals surface area contributed by atoms with Gasteiger partial charge in [-0.05, 0) is 31.1 Å². The first-order valence-corrected chi connectivity index (χ1v) is 9.58. The van der Waals surface area contributed by atoms with Gasteiger partial charge in [0.25, 0.3) is 0 Å². The summed E-state index contributed by atoms with van der Waals surface area (Å²) < 4.78 is 0. The molecule has 0 N–H and O–H groups in total. The molecular weight excluding hydrogens is 300 g/mol. The highest BCUT2D eigenvalue weighted by Crippen LogP contribution is 2.46. The lowest BCUT2D eigenvalue weighted by molar-refractivity contribution is -0.133. The van der Waals surface area contributed by atoms with Gasteiger partial charge in [-0.2, -0.15) is 10.2 Å². The largest absolute Gasteiger partial charge is 0.340 e. The van der Waals surface area contributed by atoms with Gasteiger partial charge in [-0.3, -0.25) is 9.69 Å². The molecule has 4 rings (SSSR count). The van der Waals surface area contributed by atoms with Gasteiger partial charge in [0.15, 0.2) is 5.66 Å². The molecule has 5 nitrogen and oxygen atoms in total. The standard InChI is InChI=1S/C19H28N4O/c1-2-3-7-19(20-21-19)8-6-18(24)23-11-9-22(10-12-23)17-14-15-4-5-16(17)13-15/h1,15-17H,3-14H2/t15-,16+,17-/m1/s1. The summed E-state index contributed by atoms with van der Waals surface area (Å²) in [5.41, 5.74) is -0.326. The molecule has 2 bridgehead atoms. The van der Waals surface area contributed by atoms with Crippen LogP contribution in [0.25, 0.3) is 0 Å². The Hall–Kier alpha value is -1.41. The van der Waals surface area contributed by atoms with Gasteiger partial charge in [-0.25, -0.2) is 0 Å². The van der Waals surface area contributed by atoms with Crippen LogP contribution < -0.4 is 0 Å². The van der Waals surface area contributed by atoms with Crippen LogP contribution in [-0.2, 0) is 4.79 Å². The second kappa shape index (κ2) is 6.48. The molecule has 2 aliphatic heterocycles. The lowest BCUT2D eigenvalue weighted by atomic mass is 9.93. The van der Waals surface area contributed by atoms with Crippen molar-refractivity contribution in [2.45, 2.75) is 63.1 Å². The Morgan fingerprint density at radius 3 is 2.50 bits per heavy atom. The molecule has 5 heteroatoms. The maximum absolute atomic E-state index is 12.5. The number of rotatable bonds is 6. The molecule has 2 heterocycles. The first kappa shape index (κ1) is 16.1. The number of piperazine rings is 1. The third-order valence-corrected chi connectivity index (χ3v) is 6.63. The highest BCUT2D eigenvalue weighted by molar-refractivity contribution is 5.76. The van der Waals surface area contributed by atoms with Crippen LogP contribution in [0, 0.1) is 24.2 Å². The molecule has 24 heavy (non-hydrogen) atoms. The Bertz CT molecular complexity index is 552. The van der Waals surface area contributed by atoms with Crippen molar-refractivity contribution in [1.29, 1.82) is 0 Å². The van der Waals surface area contributed by atoms with Crippen molar-refractivity contribution < 1.29 is 4.79 Å². The minimum absolute atomic E-state index is 0.264. The van der Waals surface area contributed by atoms with Crippen LogP contribution in [0.15, 0.2) is 10.2 Å². The zero-order valence-electron chi connectivity index (χ0n) is 14.5. The smallest absolute Gasteiger partial charge is 0.222 e. The number of fused-ring (bicyclic) bond motifs is 2. The second-order valence-electron chi connectivity index (χ2n) is 8.05. The zero-order chi connectivity index (χ0) is 16.6. The predicted octanol–water partition coefficient (Wildman–Crippen LogP) is 2.67. The molecule has 3 atom stereocenters. The van der Waals surface area contributed by atoms with E-state index in [0.29, 0.717) is 12.8 Å². The minimum Gasteiger partial charge on any atom is -0.340 e. The fraction of sp³-hybridized carbons (Fsp3) is 0.842. The molecule has 4 aliphatic rings. The van der Waals surface area contributed by atoms with Crippen LogP contribution in [-0.4, -0.2) is 53.6 Å². The first-order chi connectivity index (χ1) is 11.7. The van der Waals surface area contributed by atoms with E-state index in [0.717, 1.165) is 56.9 Å². The summed E-state index contributed by atoms with van der Waals surface area (Å²) in [5, 5.41) is 8.25. The highest BCUT2D eigenvalue weighted by Gasteiger charge is 2.43. The van der Waals surface area contributed by atoms with Crippen LogP contribution in [0.3, 0.4) is 0 Å². The first-order valence-electron chi connectivity index (χ1n) is 9.58. The van der Waals surface area contributed by atoms with Gasteiger partial charge in [0.05, 0.1) is 0 Å². The van der Waals surface area contributed by atoms with Crippen molar-refractivity contribution >= 4 is 5.91 Å². The van der Waals surface area contributed by atoms with Crippen molar-refractivity contribution in [3.8, 4) is 12.3 Å². The van der Waals surface area contributed by atoms with Gasteiger partial charge in [0.2, 0.25) is 5.91 Å². The molecule has 0 unspecified atom stereocenters. The van der Waals surface area contributed by atoms with Gasteiger partial charge in [-0.1, -0.05) is 6.42 Å². The highest BCUT2D eigenvalue weighted by atomic mass is 16.2. The second-order valence-corrected chi connectivity index (χ2v) is 8.05. The van der Waals surface area contributed by atoms with Crippen molar-refractivity contribution in [2.24, 2.45) is 22.1 Å². The van der Waals surface area contributed by atoms with Gasteiger partial charge in [0.1, 0.15) is 0 Å². The predicted molar refractivity (Wildman–Crippen MR) is 92.3 cm³/mol. The van der Waals surface area contributed by atoms with E-state index in [1.807, 2.05) is 4.90 Å². The van der Waals surface area contributed by atoms with Crippen molar-refractivity contribution in [1.82, 2.24) is 9.80 Å². The fourth-order valence-corrected chi connectivity index (χ4v) is 5.09. The number of nitrogens with zero attached hydrogens (tertiary/aromatic N) is 4. The summed E-state index contributed by atoms with van der Waals surface area (Å²) in [6.45, 7) is 3.88. The molecule has 2 aliphatic carbocycles. The quantitative estimate of drug-likeness (QED) is 0.704. The molecule has 1 saturated heterocycles. The molecule has 0 radical (unpaired) electrons. The minimum atomic E-state index is -0.326. The molecule has 0 aromatic rings. The van der Waals surface area contributed by atoms with E-state index in [2.05, 4.69) is 21.0 Å². The number of amides is 1. The van der Waals surface area contributed by atoms with Crippen LogP contribution in [0.4, 0.5) is 0 Å². The van der Waals surface area contributed by atoms with Gasteiger partial charge in [-0.15, -0.1) is 12.3 Å². The van der Waals surface area contributed by atoms with E-state index in [4.69, 9.17) is 6.42 Å².